The van der Waals surface area contributed by atoms with Gasteiger partial charge in [0, 0.05) is 70.9 Å². The summed E-state index contributed by atoms with van der Waals surface area (Å²) in [7, 11) is 0. The first-order chi connectivity index (χ1) is 19.4. The van der Waals surface area contributed by atoms with Gasteiger partial charge < -0.3 is 14.8 Å². The maximum atomic E-state index is 14.0. The second kappa shape index (κ2) is 10.7. The van der Waals surface area contributed by atoms with E-state index in [1.54, 1.807) is 0 Å². The van der Waals surface area contributed by atoms with Crippen LogP contribution >= 0.6 is 0 Å². The Labute approximate surface area is 236 Å². The smallest absolute Gasteiger partial charge is 0.254 e. The lowest BCUT2D eigenvalue weighted by Gasteiger charge is -2.21. The molecule has 2 aliphatic heterocycles. The van der Waals surface area contributed by atoms with Gasteiger partial charge in [-0.05, 0) is 69.0 Å². The lowest BCUT2D eigenvalue weighted by atomic mass is 9.97. The van der Waals surface area contributed by atoms with E-state index in [1.165, 1.54) is 16.8 Å². The Morgan fingerprint density at radius 2 is 1.95 bits per heavy atom. The molecule has 0 saturated carbocycles. The summed E-state index contributed by atoms with van der Waals surface area (Å²) < 4.78 is 4.49. The first kappa shape index (κ1) is 26.5. The molecule has 5 heterocycles. The van der Waals surface area contributed by atoms with Crippen molar-refractivity contribution in [3.8, 4) is 11.1 Å². The van der Waals surface area contributed by atoms with Crippen molar-refractivity contribution in [1.82, 2.24) is 29.5 Å². The lowest BCUT2D eigenvalue weighted by molar-refractivity contribution is 0.0748. The van der Waals surface area contributed by atoms with Crippen LogP contribution in [0.25, 0.3) is 27.6 Å². The van der Waals surface area contributed by atoms with Crippen molar-refractivity contribution in [2.45, 2.75) is 73.6 Å². The topological polar surface area (TPSA) is 68.0 Å². The number of benzene rings is 1. The van der Waals surface area contributed by atoms with Crippen LogP contribution in [0.1, 0.15) is 72.8 Å². The monoisotopic (exact) mass is 536 g/mol. The number of aromatic nitrogens is 4. The van der Waals surface area contributed by atoms with Crippen molar-refractivity contribution in [3.63, 3.8) is 0 Å². The van der Waals surface area contributed by atoms with E-state index in [1.807, 2.05) is 15.8 Å². The van der Waals surface area contributed by atoms with Gasteiger partial charge in [-0.15, -0.1) is 0 Å². The molecule has 7 heteroatoms. The van der Waals surface area contributed by atoms with E-state index < -0.39 is 0 Å². The second-order valence-electron chi connectivity index (χ2n) is 11.6. The summed E-state index contributed by atoms with van der Waals surface area (Å²) in [4.78, 5) is 20.9. The third-order valence-electron chi connectivity index (χ3n) is 8.26. The molecule has 1 amide bonds. The fraction of sp³-hybridized carbons (Fsp3) is 0.424. The van der Waals surface area contributed by atoms with Gasteiger partial charge in [0.2, 0.25) is 0 Å². The summed E-state index contributed by atoms with van der Waals surface area (Å²) in [5.41, 5.74) is 11.0. The van der Waals surface area contributed by atoms with Gasteiger partial charge in [-0.2, -0.15) is 5.10 Å². The van der Waals surface area contributed by atoms with Crippen LogP contribution in [0, 0.1) is 12.8 Å². The minimum atomic E-state index is 0.0644. The first-order valence-corrected chi connectivity index (χ1v) is 14.7. The third-order valence-corrected chi connectivity index (χ3v) is 8.26. The zero-order valence-corrected chi connectivity index (χ0v) is 24.4. The maximum Gasteiger partial charge on any atom is 0.254 e. The van der Waals surface area contributed by atoms with Crippen LogP contribution in [-0.2, 0) is 32.6 Å². The van der Waals surface area contributed by atoms with Gasteiger partial charge in [0.1, 0.15) is 0 Å². The predicted molar refractivity (Wildman–Crippen MR) is 161 cm³/mol. The molecule has 208 valence electrons. The summed E-state index contributed by atoms with van der Waals surface area (Å²) in [5, 5.41) is 9.14. The number of carbonyl (C=O) groups is 1. The highest BCUT2D eigenvalue weighted by molar-refractivity contribution is 6.05. The molecule has 6 rings (SSSR count). The fourth-order valence-electron chi connectivity index (χ4n) is 6.30. The molecule has 1 N–H and O–H groups in total. The summed E-state index contributed by atoms with van der Waals surface area (Å²) in [5.74, 6) is 0.540. The Bertz CT molecular complexity index is 1620. The third kappa shape index (κ3) is 4.66. The molecule has 0 atom stereocenters. The van der Waals surface area contributed by atoms with Crippen LogP contribution in [0.4, 0.5) is 0 Å². The molecule has 0 saturated heterocycles. The van der Waals surface area contributed by atoms with Gasteiger partial charge in [-0.3, -0.25) is 14.5 Å². The number of hydrogen-bond acceptors (Lipinski definition) is 4. The largest absolute Gasteiger partial charge is 0.340 e. The van der Waals surface area contributed by atoms with Crippen LogP contribution < -0.4 is 5.32 Å². The van der Waals surface area contributed by atoms with Crippen molar-refractivity contribution in [2.24, 2.45) is 5.92 Å². The molecule has 0 aliphatic carbocycles. The molecule has 4 aromatic rings. The highest BCUT2D eigenvalue weighted by Crippen LogP contribution is 2.37. The number of rotatable bonds is 7. The second-order valence-corrected chi connectivity index (χ2v) is 11.6. The van der Waals surface area contributed by atoms with E-state index in [-0.39, 0.29) is 5.91 Å². The highest BCUT2D eigenvalue weighted by atomic mass is 16.2. The Morgan fingerprint density at radius 3 is 2.65 bits per heavy atom. The minimum absolute atomic E-state index is 0.0644. The summed E-state index contributed by atoms with van der Waals surface area (Å²) in [6.45, 7) is 15.7. The predicted octanol–water partition coefficient (Wildman–Crippen LogP) is 5.98. The number of carbonyl (C=O) groups excluding carboxylic acids is 1. The molecule has 0 bridgehead atoms. The molecule has 7 nitrogen and oxygen atoms in total. The Kier molecular flexibility index (Phi) is 7.09. The zero-order valence-electron chi connectivity index (χ0n) is 24.4. The van der Waals surface area contributed by atoms with Crippen LogP contribution in [0.3, 0.4) is 0 Å². The van der Waals surface area contributed by atoms with Crippen LogP contribution in [-0.4, -0.2) is 43.2 Å². The van der Waals surface area contributed by atoms with Gasteiger partial charge in [0.25, 0.3) is 5.91 Å². The molecule has 3 aromatic heterocycles. The number of nitrogens with one attached hydrogen (secondary N) is 1. The molecule has 2 aliphatic rings. The van der Waals surface area contributed by atoms with Gasteiger partial charge in [-0.1, -0.05) is 32.9 Å². The minimum Gasteiger partial charge on any atom is -0.340 e. The van der Waals surface area contributed by atoms with Crippen molar-refractivity contribution < 1.29 is 4.79 Å². The van der Waals surface area contributed by atoms with Gasteiger partial charge in [0.15, 0.2) is 0 Å². The quantitative estimate of drug-likeness (QED) is 0.316. The molecular formula is C33H40N6O. The van der Waals surface area contributed by atoms with Gasteiger partial charge in [-0.25, -0.2) is 0 Å². The fourth-order valence-corrected chi connectivity index (χ4v) is 6.30. The van der Waals surface area contributed by atoms with Crippen LogP contribution in [0.5, 0.6) is 0 Å². The zero-order chi connectivity index (χ0) is 28.0. The van der Waals surface area contributed by atoms with Crippen molar-refractivity contribution in [2.75, 3.05) is 13.1 Å². The number of aryl methyl sites for hydroxylation is 3. The van der Waals surface area contributed by atoms with E-state index >= 15 is 0 Å². The van der Waals surface area contributed by atoms with Crippen LogP contribution in [0.15, 0.2) is 42.6 Å². The van der Waals surface area contributed by atoms with Gasteiger partial charge >= 0.3 is 0 Å². The van der Waals surface area contributed by atoms with E-state index in [2.05, 4.69) is 86.0 Å². The normalized spacial score (nSPS) is 15.2. The standard InChI is InChI=1S/C33H40N6O/c1-6-27-10-11-28(22(5)36-27)29-14-25(33(40)37-19-26-17-35-39(7-2)31(26)20-37)13-24-15-30(23-9-8-12-34-16-23)38(32(24)29)18-21(3)4/h9-11,13-15,17,21,34H,6-8,12,16,18-20H2,1-5H3. The molecule has 0 radical (unpaired) electrons. The van der Waals surface area contributed by atoms with Crippen molar-refractivity contribution in [3.05, 3.63) is 76.5 Å². The molecule has 1 aromatic carbocycles. The summed E-state index contributed by atoms with van der Waals surface area (Å²) >= 11 is 0. The Hall–Kier alpha value is -3.71. The van der Waals surface area contributed by atoms with Crippen molar-refractivity contribution >= 4 is 22.4 Å². The lowest BCUT2D eigenvalue weighted by Crippen LogP contribution is -2.26. The number of pyridine rings is 1. The van der Waals surface area contributed by atoms with Crippen LogP contribution in [0.2, 0.25) is 0 Å². The average Bonchev–Trinajstić information content (AvgIpc) is 3.65. The SMILES string of the molecule is CCc1ccc(-c2cc(C(=O)N3Cc4cnn(CC)c4C3)cc3cc(C4=CCCNC4)n(CC(C)C)c23)c(C)n1. The highest BCUT2D eigenvalue weighted by Gasteiger charge is 2.29. The van der Waals surface area contributed by atoms with E-state index in [0.29, 0.717) is 19.0 Å². The number of amides is 1. The molecule has 0 spiro atoms. The maximum absolute atomic E-state index is 14.0. The van der Waals surface area contributed by atoms with E-state index in [4.69, 9.17) is 4.98 Å². The average molecular weight is 537 g/mol. The van der Waals surface area contributed by atoms with E-state index in [9.17, 15) is 4.79 Å². The van der Waals surface area contributed by atoms with Crippen molar-refractivity contribution in [1.29, 1.82) is 0 Å². The first-order valence-electron chi connectivity index (χ1n) is 14.7. The number of hydrogen-bond donors (Lipinski definition) is 1. The van der Waals surface area contributed by atoms with E-state index in [0.717, 1.165) is 83.7 Å². The Balaban J connectivity index is 1.53. The summed E-state index contributed by atoms with van der Waals surface area (Å²) in [6, 6.07) is 10.8. The number of nitrogens with zero attached hydrogens (tertiary/aromatic N) is 5. The van der Waals surface area contributed by atoms with Gasteiger partial charge in [0.05, 0.1) is 24.0 Å². The number of fused-ring (bicyclic) bond motifs is 2. The Morgan fingerprint density at radius 1 is 1.10 bits per heavy atom. The molecule has 0 unspecified atom stereocenters. The molecule has 40 heavy (non-hydrogen) atoms. The molecule has 0 fully saturated rings. The molecular weight excluding hydrogens is 496 g/mol. The summed E-state index contributed by atoms with van der Waals surface area (Å²) in [6.07, 6.45) is 6.21.